The van der Waals surface area contributed by atoms with Crippen LogP contribution in [0.5, 0.6) is 0 Å². The first kappa shape index (κ1) is 10.3. The Bertz CT molecular complexity index is 207. The molecule has 0 spiro atoms. The van der Waals surface area contributed by atoms with Gasteiger partial charge in [-0.1, -0.05) is 0 Å². The number of allylic oxidation sites excluding steroid dienone is 2. The molecule has 4 heteroatoms. The standard InChI is InChI=1S/C10H16N2S2/c1-5-11-9(13-7-1)3-4-10-12-6-2-8-14-10/h3-4,11-12H,1-2,5-8H2. The lowest BCUT2D eigenvalue weighted by Gasteiger charge is -2.17. The lowest BCUT2D eigenvalue weighted by Crippen LogP contribution is -2.20. The summed E-state index contributed by atoms with van der Waals surface area (Å²) in [6.07, 6.45) is 6.96. The molecule has 2 N–H and O–H groups in total. The summed E-state index contributed by atoms with van der Waals surface area (Å²) in [5, 5.41) is 9.44. The smallest absolute Gasteiger partial charge is 0.0682 e. The fraction of sp³-hybridized carbons (Fsp3) is 0.600. The highest BCUT2D eigenvalue weighted by atomic mass is 32.2. The third-order valence-corrected chi connectivity index (χ3v) is 4.31. The summed E-state index contributed by atoms with van der Waals surface area (Å²) >= 11 is 3.84. The second kappa shape index (κ2) is 5.61. The molecule has 2 aliphatic heterocycles. The Morgan fingerprint density at radius 2 is 1.36 bits per heavy atom. The average molecular weight is 228 g/mol. The van der Waals surface area contributed by atoms with Crippen molar-refractivity contribution < 1.29 is 0 Å². The van der Waals surface area contributed by atoms with Crippen LogP contribution in [0.4, 0.5) is 0 Å². The fourth-order valence-electron chi connectivity index (χ4n) is 1.40. The molecule has 0 saturated carbocycles. The van der Waals surface area contributed by atoms with E-state index in [0.29, 0.717) is 0 Å². The van der Waals surface area contributed by atoms with E-state index in [0.717, 1.165) is 13.1 Å². The Kier molecular flexibility index (Phi) is 4.13. The minimum atomic E-state index is 1.13. The van der Waals surface area contributed by atoms with E-state index in [1.54, 1.807) is 0 Å². The monoisotopic (exact) mass is 228 g/mol. The van der Waals surface area contributed by atoms with E-state index >= 15 is 0 Å². The zero-order valence-electron chi connectivity index (χ0n) is 8.21. The van der Waals surface area contributed by atoms with Gasteiger partial charge in [-0.3, -0.25) is 0 Å². The van der Waals surface area contributed by atoms with Crippen LogP contribution in [0.15, 0.2) is 22.2 Å². The highest BCUT2D eigenvalue weighted by molar-refractivity contribution is 8.03. The Morgan fingerprint density at radius 3 is 1.71 bits per heavy atom. The summed E-state index contributed by atoms with van der Waals surface area (Å²) in [5.74, 6) is 2.51. The fourth-order valence-corrected chi connectivity index (χ4v) is 3.15. The predicted octanol–water partition coefficient (Wildman–Crippen LogP) is 2.12. The number of nitrogens with one attached hydrogen (secondary N) is 2. The van der Waals surface area contributed by atoms with E-state index in [1.807, 2.05) is 23.5 Å². The quantitative estimate of drug-likeness (QED) is 0.718. The molecule has 0 aromatic carbocycles. The normalized spacial score (nSPS) is 28.6. The van der Waals surface area contributed by atoms with E-state index in [2.05, 4.69) is 22.8 Å². The maximum absolute atomic E-state index is 3.40. The zero-order chi connectivity index (χ0) is 9.64. The van der Waals surface area contributed by atoms with Gasteiger partial charge in [0, 0.05) is 24.6 Å². The van der Waals surface area contributed by atoms with E-state index in [1.165, 1.54) is 34.4 Å². The summed E-state index contributed by atoms with van der Waals surface area (Å²) in [6, 6.07) is 0. The number of hydrogen-bond acceptors (Lipinski definition) is 4. The van der Waals surface area contributed by atoms with Crippen LogP contribution in [-0.2, 0) is 0 Å². The van der Waals surface area contributed by atoms with Gasteiger partial charge in [0.05, 0.1) is 10.1 Å². The maximum atomic E-state index is 3.40. The van der Waals surface area contributed by atoms with Gasteiger partial charge in [0.1, 0.15) is 0 Å². The molecule has 2 rings (SSSR count). The molecule has 2 fully saturated rings. The average Bonchev–Trinajstić information content (AvgIpc) is 2.29. The highest BCUT2D eigenvalue weighted by Crippen LogP contribution is 2.21. The minimum absolute atomic E-state index is 1.13. The first-order valence-corrected chi connectivity index (χ1v) is 7.07. The SMILES string of the molecule is C(C=C1NCCCS1)=C1NCCCS1. The van der Waals surface area contributed by atoms with Crippen LogP contribution in [0, 0.1) is 0 Å². The summed E-state index contributed by atoms with van der Waals surface area (Å²) in [6.45, 7) is 2.26. The van der Waals surface area contributed by atoms with Gasteiger partial charge in [-0.15, -0.1) is 23.5 Å². The third kappa shape index (κ3) is 3.17. The molecule has 2 nitrogen and oxygen atoms in total. The lowest BCUT2D eigenvalue weighted by molar-refractivity contribution is 0.783. The Balaban J connectivity index is 1.88. The minimum Gasteiger partial charge on any atom is -0.380 e. The first-order valence-electron chi connectivity index (χ1n) is 5.10. The predicted molar refractivity (Wildman–Crippen MR) is 66.3 cm³/mol. The van der Waals surface area contributed by atoms with E-state index in [9.17, 15) is 0 Å². The molecule has 0 bridgehead atoms. The van der Waals surface area contributed by atoms with E-state index < -0.39 is 0 Å². The topological polar surface area (TPSA) is 24.1 Å². The van der Waals surface area contributed by atoms with Crippen LogP contribution >= 0.6 is 23.5 Å². The molecule has 0 radical (unpaired) electrons. The first-order chi connectivity index (χ1) is 6.95. The molecular formula is C10H16N2S2. The zero-order valence-corrected chi connectivity index (χ0v) is 9.85. The van der Waals surface area contributed by atoms with Crippen LogP contribution in [0.2, 0.25) is 0 Å². The molecule has 2 saturated heterocycles. The van der Waals surface area contributed by atoms with Crippen molar-refractivity contribution >= 4 is 23.5 Å². The molecule has 0 aliphatic carbocycles. The summed E-state index contributed by atoms with van der Waals surface area (Å²) in [5.41, 5.74) is 0. The number of hydrogen-bond donors (Lipinski definition) is 2. The van der Waals surface area contributed by atoms with Crippen molar-refractivity contribution in [1.29, 1.82) is 0 Å². The van der Waals surface area contributed by atoms with Gasteiger partial charge in [-0.2, -0.15) is 0 Å². The second-order valence-electron chi connectivity index (χ2n) is 3.32. The van der Waals surface area contributed by atoms with E-state index in [4.69, 9.17) is 0 Å². The Hall–Kier alpha value is -0.220. The molecule has 0 aromatic rings. The van der Waals surface area contributed by atoms with Gasteiger partial charge in [0.25, 0.3) is 0 Å². The van der Waals surface area contributed by atoms with Crippen molar-refractivity contribution in [2.75, 3.05) is 24.6 Å². The molecule has 0 amide bonds. The van der Waals surface area contributed by atoms with Gasteiger partial charge in [0.2, 0.25) is 0 Å². The number of rotatable bonds is 1. The van der Waals surface area contributed by atoms with Gasteiger partial charge >= 0.3 is 0 Å². The highest BCUT2D eigenvalue weighted by Gasteiger charge is 2.05. The van der Waals surface area contributed by atoms with Crippen molar-refractivity contribution in [3.63, 3.8) is 0 Å². The van der Waals surface area contributed by atoms with Gasteiger partial charge < -0.3 is 10.6 Å². The van der Waals surface area contributed by atoms with E-state index in [-0.39, 0.29) is 0 Å². The third-order valence-electron chi connectivity index (χ3n) is 2.14. The van der Waals surface area contributed by atoms with Crippen molar-refractivity contribution in [2.45, 2.75) is 12.8 Å². The van der Waals surface area contributed by atoms with Crippen LogP contribution in [0.1, 0.15) is 12.8 Å². The van der Waals surface area contributed by atoms with Crippen LogP contribution in [0.25, 0.3) is 0 Å². The molecule has 78 valence electrons. The summed E-state index contributed by atoms with van der Waals surface area (Å²) in [4.78, 5) is 0. The molecule has 14 heavy (non-hydrogen) atoms. The summed E-state index contributed by atoms with van der Waals surface area (Å²) < 4.78 is 0. The molecular weight excluding hydrogens is 212 g/mol. The van der Waals surface area contributed by atoms with Crippen LogP contribution < -0.4 is 10.6 Å². The summed E-state index contributed by atoms with van der Waals surface area (Å²) in [7, 11) is 0. The van der Waals surface area contributed by atoms with Crippen LogP contribution in [0.3, 0.4) is 0 Å². The molecule has 0 atom stereocenters. The van der Waals surface area contributed by atoms with Crippen molar-refractivity contribution in [3.8, 4) is 0 Å². The lowest BCUT2D eigenvalue weighted by atomic mass is 10.4. The molecule has 0 unspecified atom stereocenters. The van der Waals surface area contributed by atoms with Crippen LogP contribution in [-0.4, -0.2) is 24.6 Å². The largest absolute Gasteiger partial charge is 0.380 e. The maximum Gasteiger partial charge on any atom is 0.0682 e. The van der Waals surface area contributed by atoms with Crippen molar-refractivity contribution in [3.05, 3.63) is 22.2 Å². The van der Waals surface area contributed by atoms with Crippen molar-refractivity contribution in [1.82, 2.24) is 10.6 Å². The second-order valence-corrected chi connectivity index (χ2v) is 5.59. The van der Waals surface area contributed by atoms with Gasteiger partial charge in [-0.25, -0.2) is 0 Å². The molecule has 0 aromatic heterocycles. The number of thioether (sulfide) groups is 2. The van der Waals surface area contributed by atoms with Gasteiger partial charge in [0.15, 0.2) is 0 Å². The van der Waals surface area contributed by atoms with Crippen molar-refractivity contribution in [2.24, 2.45) is 0 Å². The Labute approximate surface area is 94.0 Å². The van der Waals surface area contributed by atoms with Gasteiger partial charge in [-0.05, 0) is 25.0 Å². The Morgan fingerprint density at radius 1 is 0.857 bits per heavy atom. The molecule has 2 aliphatic rings. The molecule has 2 heterocycles.